The van der Waals surface area contributed by atoms with Crippen LogP contribution in [0.15, 0.2) is 9.64 Å². The molecular formula is C20H34N4O3S. The van der Waals surface area contributed by atoms with Gasteiger partial charge >= 0.3 is 0 Å². The Morgan fingerprint density at radius 3 is 2.50 bits per heavy atom. The minimum Gasteiger partial charge on any atom is -0.408 e. The average molecular weight is 411 g/mol. The number of nitrogens with zero attached hydrogens (tertiary/aromatic N) is 2. The highest BCUT2D eigenvalue weighted by Gasteiger charge is 2.30. The fourth-order valence-corrected chi connectivity index (χ4v) is 3.99. The zero-order valence-electron chi connectivity index (χ0n) is 17.5. The Balaban J connectivity index is 1.95. The molecule has 0 spiro atoms. The molecule has 2 N–H and O–H groups in total. The van der Waals surface area contributed by atoms with Gasteiger partial charge in [-0.2, -0.15) is 0 Å². The lowest BCUT2D eigenvalue weighted by molar-refractivity contribution is -0.126. The van der Waals surface area contributed by atoms with Crippen molar-refractivity contribution in [3.63, 3.8) is 0 Å². The second-order valence-electron chi connectivity index (χ2n) is 8.22. The maximum absolute atomic E-state index is 12.9. The Kier molecular flexibility index (Phi) is 9.44. The highest BCUT2D eigenvalue weighted by Crippen LogP contribution is 2.24. The van der Waals surface area contributed by atoms with Gasteiger partial charge in [0.25, 0.3) is 11.1 Å². The first-order valence-electron chi connectivity index (χ1n) is 10.4. The number of nitrogens with one attached hydrogen (secondary N) is 2. The molecule has 8 heteroatoms. The molecule has 1 aromatic heterocycles. The maximum Gasteiger partial charge on any atom is 0.286 e. The largest absolute Gasteiger partial charge is 0.408 e. The summed E-state index contributed by atoms with van der Waals surface area (Å²) in [5.41, 5.74) is 0. The fourth-order valence-electron chi connectivity index (χ4n) is 3.36. The number of carbonyl (C=O) groups is 2. The summed E-state index contributed by atoms with van der Waals surface area (Å²) < 4.78 is 5.55. The summed E-state index contributed by atoms with van der Waals surface area (Å²) in [5, 5.41) is 14.5. The molecular weight excluding hydrogens is 376 g/mol. The summed E-state index contributed by atoms with van der Waals surface area (Å²) in [4.78, 5) is 25.5. The molecule has 28 heavy (non-hydrogen) atoms. The van der Waals surface area contributed by atoms with Gasteiger partial charge in [0.1, 0.15) is 0 Å². The molecule has 2 rings (SSSR count). The van der Waals surface area contributed by atoms with E-state index >= 15 is 0 Å². The van der Waals surface area contributed by atoms with Crippen LogP contribution in [0.3, 0.4) is 0 Å². The molecule has 1 aromatic rings. The van der Waals surface area contributed by atoms with Gasteiger partial charge in [-0.25, -0.2) is 0 Å². The van der Waals surface area contributed by atoms with Crippen molar-refractivity contribution in [2.75, 3.05) is 12.3 Å². The van der Waals surface area contributed by atoms with Crippen molar-refractivity contribution >= 4 is 23.5 Å². The molecule has 158 valence electrons. The molecule has 1 atom stereocenters. The van der Waals surface area contributed by atoms with Crippen LogP contribution < -0.4 is 10.6 Å². The van der Waals surface area contributed by atoms with Crippen LogP contribution in [0.1, 0.15) is 76.9 Å². The summed E-state index contributed by atoms with van der Waals surface area (Å²) in [5.74, 6) is 0.721. The summed E-state index contributed by atoms with van der Waals surface area (Å²) >= 11 is 1.42. The summed E-state index contributed by atoms with van der Waals surface area (Å²) in [7, 11) is 0. The molecule has 0 saturated heterocycles. The van der Waals surface area contributed by atoms with E-state index in [4.69, 9.17) is 4.42 Å². The van der Waals surface area contributed by atoms with Crippen molar-refractivity contribution in [2.24, 2.45) is 11.8 Å². The molecule has 1 saturated carbocycles. The van der Waals surface area contributed by atoms with Gasteiger partial charge in [-0.3, -0.25) is 9.59 Å². The predicted octanol–water partition coefficient (Wildman–Crippen LogP) is 3.45. The van der Waals surface area contributed by atoms with Crippen LogP contribution in [0.2, 0.25) is 0 Å². The highest BCUT2D eigenvalue weighted by molar-refractivity contribution is 7.99. The third-order valence-electron chi connectivity index (χ3n) is 4.81. The monoisotopic (exact) mass is 410 g/mol. The van der Waals surface area contributed by atoms with E-state index < -0.39 is 6.04 Å². The summed E-state index contributed by atoms with van der Waals surface area (Å²) in [6.45, 7) is 9.06. The van der Waals surface area contributed by atoms with E-state index in [9.17, 15) is 9.59 Å². The molecule has 1 aliphatic carbocycles. The number of carbonyl (C=O) groups excluding carboxylic acids is 2. The molecule has 1 amide bonds. The van der Waals surface area contributed by atoms with E-state index in [-0.39, 0.29) is 29.4 Å². The van der Waals surface area contributed by atoms with Crippen molar-refractivity contribution < 1.29 is 14.0 Å². The molecule has 7 nitrogen and oxygen atoms in total. The van der Waals surface area contributed by atoms with Crippen molar-refractivity contribution in [1.82, 2.24) is 20.8 Å². The zero-order chi connectivity index (χ0) is 20.5. The molecule has 0 bridgehead atoms. The van der Waals surface area contributed by atoms with Gasteiger partial charge in [-0.1, -0.05) is 58.7 Å². The van der Waals surface area contributed by atoms with Crippen LogP contribution >= 0.6 is 11.8 Å². The number of ketones is 1. The van der Waals surface area contributed by atoms with Crippen LogP contribution in [0, 0.1) is 11.8 Å². The van der Waals surface area contributed by atoms with Gasteiger partial charge in [0.2, 0.25) is 11.7 Å². The van der Waals surface area contributed by atoms with Crippen LogP contribution in [-0.2, 0) is 4.79 Å². The first-order valence-corrected chi connectivity index (χ1v) is 11.4. The van der Waals surface area contributed by atoms with Crippen LogP contribution in [-0.4, -0.2) is 46.3 Å². The van der Waals surface area contributed by atoms with Gasteiger partial charge in [-0.15, -0.1) is 10.2 Å². The number of hydrogen-bond donors (Lipinski definition) is 2. The minimum absolute atomic E-state index is 0.0125. The van der Waals surface area contributed by atoms with Crippen LogP contribution in [0.4, 0.5) is 0 Å². The van der Waals surface area contributed by atoms with Crippen molar-refractivity contribution in [1.29, 1.82) is 0 Å². The number of amides is 1. The number of thioether (sulfide) groups is 1. The number of aromatic nitrogens is 2. The molecule has 1 heterocycles. The summed E-state index contributed by atoms with van der Waals surface area (Å²) in [6.07, 6.45) is 5.71. The van der Waals surface area contributed by atoms with E-state index in [1.54, 1.807) is 0 Å². The minimum atomic E-state index is -0.615. The van der Waals surface area contributed by atoms with Gasteiger partial charge in [-0.05, 0) is 25.2 Å². The Morgan fingerprint density at radius 2 is 1.86 bits per heavy atom. The average Bonchev–Trinajstić information content (AvgIpc) is 3.13. The van der Waals surface area contributed by atoms with Gasteiger partial charge < -0.3 is 15.1 Å². The summed E-state index contributed by atoms with van der Waals surface area (Å²) in [6, 6.07) is -0.194. The van der Waals surface area contributed by atoms with Crippen LogP contribution in [0.5, 0.6) is 0 Å². The number of hydrogen-bond acceptors (Lipinski definition) is 7. The SMILES string of the molecule is CC(C)C[C@H](NC(=O)C1CCCCC1)C(=O)c1nnc(SCCNC(C)C)o1. The standard InChI is InChI=1S/C20H34N4O3S/c1-13(2)12-16(22-18(26)15-8-6-5-7-9-15)17(25)19-23-24-20(27-19)28-11-10-21-14(3)4/h13-16,21H,5-12H2,1-4H3,(H,22,26)/t16-/m0/s1. The lowest BCUT2D eigenvalue weighted by atomic mass is 9.88. The third kappa shape index (κ3) is 7.54. The fraction of sp³-hybridized carbons (Fsp3) is 0.800. The lowest BCUT2D eigenvalue weighted by Gasteiger charge is -2.24. The third-order valence-corrected chi connectivity index (χ3v) is 5.63. The molecule has 1 aliphatic rings. The van der Waals surface area contributed by atoms with E-state index in [0.717, 1.165) is 38.0 Å². The van der Waals surface area contributed by atoms with Gasteiger partial charge in [0.05, 0.1) is 6.04 Å². The van der Waals surface area contributed by atoms with Crippen molar-refractivity contribution in [2.45, 2.75) is 83.5 Å². The number of rotatable bonds is 11. The molecule has 1 fully saturated rings. The molecule has 0 radical (unpaired) electrons. The lowest BCUT2D eigenvalue weighted by Crippen LogP contribution is -2.45. The quantitative estimate of drug-likeness (QED) is 0.327. The zero-order valence-corrected chi connectivity index (χ0v) is 18.3. The second kappa shape index (κ2) is 11.6. The number of Topliss-reactive ketones (excluding diaryl/α,β-unsaturated/α-hetero) is 1. The Bertz CT molecular complexity index is 627. The van der Waals surface area contributed by atoms with Crippen LogP contribution in [0.25, 0.3) is 0 Å². The first kappa shape index (κ1) is 22.9. The normalized spacial score (nSPS) is 16.5. The van der Waals surface area contributed by atoms with E-state index in [1.807, 2.05) is 13.8 Å². The van der Waals surface area contributed by atoms with Gasteiger partial charge in [0, 0.05) is 24.3 Å². The highest BCUT2D eigenvalue weighted by atomic mass is 32.2. The first-order chi connectivity index (χ1) is 13.4. The Labute approximate surface area is 172 Å². The van der Waals surface area contributed by atoms with Gasteiger partial charge in [0.15, 0.2) is 0 Å². The van der Waals surface area contributed by atoms with E-state index in [1.165, 1.54) is 18.2 Å². The van der Waals surface area contributed by atoms with E-state index in [2.05, 4.69) is 34.7 Å². The second-order valence-corrected chi connectivity index (χ2v) is 9.27. The Hall–Kier alpha value is -1.41. The van der Waals surface area contributed by atoms with Crippen molar-refractivity contribution in [3.05, 3.63) is 5.89 Å². The molecule has 0 aromatic carbocycles. The smallest absolute Gasteiger partial charge is 0.286 e. The van der Waals surface area contributed by atoms with E-state index in [0.29, 0.717) is 17.7 Å². The molecule has 0 unspecified atom stereocenters. The Morgan fingerprint density at radius 1 is 1.14 bits per heavy atom. The molecule has 0 aliphatic heterocycles. The maximum atomic E-state index is 12.9. The van der Waals surface area contributed by atoms with Crippen molar-refractivity contribution in [3.8, 4) is 0 Å². The predicted molar refractivity (Wildman–Crippen MR) is 110 cm³/mol. The topological polar surface area (TPSA) is 97.1 Å².